The van der Waals surface area contributed by atoms with Gasteiger partial charge in [0, 0.05) is 0 Å². The van der Waals surface area contributed by atoms with E-state index in [0.717, 1.165) is 25.7 Å². The zero-order chi connectivity index (χ0) is 13.9. The number of methoxy groups -OCH3 is 1. The van der Waals surface area contributed by atoms with Gasteiger partial charge in [-0.15, -0.1) is 0 Å². The number of anilines is 1. The molecule has 0 spiro atoms. The second-order valence-electron chi connectivity index (χ2n) is 5.16. The molecule has 2 N–H and O–H groups in total. The Morgan fingerprint density at radius 2 is 2.05 bits per heavy atom. The van der Waals surface area contributed by atoms with Gasteiger partial charge in [-0.25, -0.2) is 0 Å². The molecule has 6 nitrogen and oxygen atoms in total. The van der Waals surface area contributed by atoms with Crippen molar-refractivity contribution in [1.29, 1.82) is 0 Å². The minimum atomic E-state index is -0.373. The number of aliphatic hydroxyl groups is 1. The molecule has 7 heteroatoms. The number of aliphatic hydroxyl groups excluding tert-OH is 1. The number of halogens is 1. The van der Waals surface area contributed by atoms with E-state index in [-0.39, 0.29) is 23.4 Å². The molecule has 0 radical (unpaired) electrons. The molecule has 0 saturated heterocycles. The first kappa shape index (κ1) is 14.3. The molecule has 0 bridgehead atoms. The quantitative estimate of drug-likeness (QED) is 0.880. The van der Waals surface area contributed by atoms with Crippen LogP contribution in [0.5, 0.6) is 6.01 Å². The van der Waals surface area contributed by atoms with Crippen LogP contribution in [0.3, 0.4) is 0 Å². The van der Waals surface area contributed by atoms with Crippen LogP contribution in [0, 0.1) is 5.92 Å². The van der Waals surface area contributed by atoms with Crippen molar-refractivity contribution in [2.75, 3.05) is 19.0 Å². The zero-order valence-electron chi connectivity index (χ0n) is 11.2. The molecule has 0 amide bonds. The molecule has 0 unspecified atom stereocenters. The minimum Gasteiger partial charge on any atom is -0.467 e. The Morgan fingerprint density at radius 3 is 2.63 bits per heavy atom. The first-order valence-electron chi connectivity index (χ1n) is 6.41. The van der Waals surface area contributed by atoms with Crippen LogP contribution in [0.4, 0.5) is 5.95 Å². The summed E-state index contributed by atoms with van der Waals surface area (Å²) in [5.41, 5.74) is -0.373. The van der Waals surface area contributed by atoms with E-state index in [1.807, 2.05) is 0 Å². The highest BCUT2D eigenvalue weighted by molar-refractivity contribution is 6.28. The molecule has 1 aromatic rings. The third-order valence-electron chi connectivity index (χ3n) is 3.68. The van der Waals surface area contributed by atoms with Gasteiger partial charge in [-0.2, -0.15) is 15.0 Å². The maximum atomic E-state index is 9.69. The Bertz CT molecular complexity index is 436. The van der Waals surface area contributed by atoms with Crippen LogP contribution in [0.25, 0.3) is 0 Å². The van der Waals surface area contributed by atoms with Crippen molar-refractivity contribution in [2.24, 2.45) is 5.92 Å². The van der Waals surface area contributed by atoms with E-state index in [9.17, 15) is 5.11 Å². The van der Waals surface area contributed by atoms with Crippen LogP contribution in [0.2, 0.25) is 5.28 Å². The lowest BCUT2D eigenvalue weighted by atomic mass is 9.77. The molecular weight excluding hydrogens is 268 g/mol. The van der Waals surface area contributed by atoms with E-state index in [4.69, 9.17) is 16.3 Å². The van der Waals surface area contributed by atoms with Crippen LogP contribution in [-0.2, 0) is 0 Å². The average Bonchev–Trinajstić information content (AvgIpc) is 2.41. The van der Waals surface area contributed by atoms with Crippen LogP contribution in [0.1, 0.15) is 32.6 Å². The van der Waals surface area contributed by atoms with Gasteiger partial charge in [0.15, 0.2) is 0 Å². The van der Waals surface area contributed by atoms with Gasteiger partial charge in [0.05, 0.1) is 19.3 Å². The lowest BCUT2D eigenvalue weighted by Crippen LogP contribution is -2.45. The van der Waals surface area contributed by atoms with E-state index in [0.29, 0.717) is 11.9 Å². The number of aromatic nitrogens is 3. The fourth-order valence-electron chi connectivity index (χ4n) is 2.35. The highest BCUT2D eigenvalue weighted by Crippen LogP contribution is 2.33. The maximum absolute atomic E-state index is 9.69. The minimum absolute atomic E-state index is 0.0470. The highest BCUT2D eigenvalue weighted by atomic mass is 35.5. The lowest BCUT2D eigenvalue weighted by Gasteiger charge is -2.38. The molecule has 1 aromatic heterocycles. The van der Waals surface area contributed by atoms with Crippen molar-refractivity contribution in [3.05, 3.63) is 5.28 Å². The molecule has 0 aromatic carbocycles. The predicted molar refractivity (Wildman–Crippen MR) is 72.5 cm³/mol. The summed E-state index contributed by atoms with van der Waals surface area (Å²) in [4.78, 5) is 12.0. The molecule has 0 atom stereocenters. The van der Waals surface area contributed by atoms with Crippen molar-refractivity contribution < 1.29 is 9.84 Å². The normalized spacial score (nSPS) is 27.1. The number of ether oxygens (including phenoxy) is 1. The Balaban J connectivity index is 2.16. The Hall–Kier alpha value is -1.14. The van der Waals surface area contributed by atoms with E-state index in [2.05, 4.69) is 27.2 Å². The van der Waals surface area contributed by atoms with Crippen LogP contribution >= 0.6 is 11.6 Å². The summed E-state index contributed by atoms with van der Waals surface area (Å²) in [5, 5.41) is 13.0. The largest absolute Gasteiger partial charge is 0.467 e. The van der Waals surface area contributed by atoms with Gasteiger partial charge < -0.3 is 15.2 Å². The van der Waals surface area contributed by atoms with Gasteiger partial charge >= 0.3 is 6.01 Å². The van der Waals surface area contributed by atoms with Crippen molar-refractivity contribution in [1.82, 2.24) is 15.0 Å². The van der Waals surface area contributed by atoms with E-state index >= 15 is 0 Å². The zero-order valence-corrected chi connectivity index (χ0v) is 11.9. The fraction of sp³-hybridized carbons (Fsp3) is 0.750. The maximum Gasteiger partial charge on any atom is 0.322 e. The SMILES string of the molecule is COc1nc(Cl)nc(NC2(CO)CCC(C)CC2)n1. The predicted octanol–water partition coefficient (Wildman–Crippen LogP) is 1.89. The summed E-state index contributed by atoms with van der Waals surface area (Å²) in [5.74, 6) is 1.04. The third kappa shape index (κ3) is 3.45. The van der Waals surface area contributed by atoms with E-state index < -0.39 is 0 Å². The number of rotatable bonds is 4. The summed E-state index contributed by atoms with van der Waals surface area (Å²) in [6.45, 7) is 2.27. The Labute approximate surface area is 117 Å². The highest BCUT2D eigenvalue weighted by Gasteiger charge is 2.34. The van der Waals surface area contributed by atoms with Gasteiger partial charge in [0.2, 0.25) is 11.2 Å². The number of hydrogen-bond donors (Lipinski definition) is 2. The van der Waals surface area contributed by atoms with Crippen molar-refractivity contribution in [3.63, 3.8) is 0 Å². The Morgan fingerprint density at radius 1 is 1.37 bits per heavy atom. The van der Waals surface area contributed by atoms with E-state index in [1.54, 1.807) is 0 Å². The molecule has 2 rings (SSSR count). The van der Waals surface area contributed by atoms with Gasteiger partial charge in [0.1, 0.15) is 0 Å². The fourth-order valence-corrected chi connectivity index (χ4v) is 2.51. The summed E-state index contributed by atoms with van der Waals surface area (Å²) in [6, 6.07) is 0.166. The lowest BCUT2D eigenvalue weighted by molar-refractivity contribution is 0.154. The molecule has 0 aliphatic heterocycles. The van der Waals surface area contributed by atoms with Gasteiger partial charge in [-0.3, -0.25) is 0 Å². The van der Waals surface area contributed by atoms with Crippen LogP contribution in [0.15, 0.2) is 0 Å². The van der Waals surface area contributed by atoms with Gasteiger partial charge in [-0.05, 0) is 43.2 Å². The second-order valence-corrected chi connectivity index (χ2v) is 5.50. The van der Waals surface area contributed by atoms with Gasteiger partial charge in [0.25, 0.3) is 0 Å². The monoisotopic (exact) mass is 286 g/mol. The molecule has 1 aliphatic rings. The molecule has 106 valence electrons. The summed E-state index contributed by atoms with van der Waals surface area (Å²) in [6.07, 6.45) is 3.92. The standard InChI is InChI=1S/C12H19ClN4O2/c1-8-3-5-12(7-18,6-4-8)17-10-14-9(13)15-11(16-10)19-2/h8,18H,3-7H2,1-2H3,(H,14,15,16,17). The molecule has 1 fully saturated rings. The molecule has 19 heavy (non-hydrogen) atoms. The molecule has 1 heterocycles. The van der Waals surface area contributed by atoms with E-state index in [1.165, 1.54) is 7.11 Å². The van der Waals surface area contributed by atoms with Crippen LogP contribution < -0.4 is 10.1 Å². The molecule has 1 aliphatic carbocycles. The smallest absolute Gasteiger partial charge is 0.322 e. The van der Waals surface area contributed by atoms with Gasteiger partial charge in [-0.1, -0.05) is 6.92 Å². The summed E-state index contributed by atoms with van der Waals surface area (Å²) >= 11 is 5.81. The first-order chi connectivity index (χ1) is 9.07. The van der Waals surface area contributed by atoms with Crippen molar-refractivity contribution in [3.8, 4) is 6.01 Å². The molecule has 1 saturated carbocycles. The van der Waals surface area contributed by atoms with Crippen LogP contribution in [-0.4, -0.2) is 39.3 Å². The number of nitrogens with zero attached hydrogens (tertiary/aromatic N) is 3. The topological polar surface area (TPSA) is 80.2 Å². The first-order valence-corrected chi connectivity index (χ1v) is 6.79. The summed E-state index contributed by atoms with van der Waals surface area (Å²) in [7, 11) is 1.47. The average molecular weight is 287 g/mol. The third-order valence-corrected chi connectivity index (χ3v) is 3.85. The number of hydrogen-bond acceptors (Lipinski definition) is 6. The molecular formula is C12H19ClN4O2. The van der Waals surface area contributed by atoms with Crippen molar-refractivity contribution in [2.45, 2.75) is 38.1 Å². The summed E-state index contributed by atoms with van der Waals surface area (Å²) < 4.78 is 4.96. The number of nitrogens with one attached hydrogen (secondary N) is 1. The second kappa shape index (κ2) is 5.88. The van der Waals surface area contributed by atoms with Crippen molar-refractivity contribution >= 4 is 17.5 Å². The Kier molecular flexibility index (Phi) is 4.42.